The fourth-order valence-electron chi connectivity index (χ4n) is 0.580. The summed E-state index contributed by atoms with van der Waals surface area (Å²) >= 11 is 0. The molecule has 0 saturated carbocycles. The van der Waals surface area contributed by atoms with Crippen molar-refractivity contribution in [3.8, 4) is 0 Å². The monoisotopic (exact) mass is 145 g/mol. The third kappa shape index (κ3) is 3.45. The van der Waals surface area contributed by atoms with E-state index >= 15 is 0 Å². The lowest BCUT2D eigenvalue weighted by Gasteiger charge is -2.26. The minimum atomic E-state index is 0.104. The molecule has 0 atom stereocenters. The third-order valence-electron chi connectivity index (χ3n) is 1.71. The van der Waals surface area contributed by atoms with E-state index in [1.165, 1.54) is 0 Å². The lowest BCUT2D eigenvalue weighted by Crippen LogP contribution is -2.46. The normalized spacial score (nSPS) is 11.2. The van der Waals surface area contributed by atoms with Crippen molar-refractivity contribution >= 4 is 5.91 Å². The molecule has 0 aliphatic rings. The number of hydrogen-bond donors (Lipinski definition) is 1. The number of nitrogens with zero attached hydrogens (tertiary/aromatic N) is 1. The maximum Gasteiger partial charge on any atom is 0.274 e. The van der Waals surface area contributed by atoms with E-state index < -0.39 is 0 Å². The Morgan fingerprint density at radius 3 is 2.30 bits per heavy atom. The topological polar surface area (TPSA) is 29.1 Å². The zero-order valence-electron chi connectivity index (χ0n) is 7.27. The quantitative estimate of drug-likeness (QED) is 0.549. The summed E-state index contributed by atoms with van der Waals surface area (Å²) in [6.07, 6.45) is 0. The van der Waals surface area contributed by atoms with Crippen molar-refractivity contribution in [1.29, 1.82) is 0 Å². The van der Waals surface area contributed by atoms with E-state index in [0.717, 1.165) is 11.0 Å². The number of quaternary nitrogens is 1. The van der Waals surface area contributed by atoms with Crippen LogP contribution in [0, 0.1) is 0 Å². The van der Waals surface area contributed by atoms with Gasteiger partial charge in [-0.05, 0) is 6.92 Å². The van der Waals surface area contributed by atoms with Crippen molar-refractivity contribution in [2.45, 2.75) is 6.92 Å². The van der Waals surface area contributed by atoms with Crippen LogP contribution in [0.4, 0.5) is 0 Å². The maximum absolute atomic E-state index is 10.9. The van der Waals surface area contributed by atoms with E-state index in [1.54, 1.807) is 7.05 Å². The van der Waals surface area contributed by atoms with E-state index in [1.807, 2.05) is 14.1 Å². The highest BCUT2D eigenvalue weighted by Gasteiger charge is 2.15. The standard InChI is InChI=1S/C7H16N2O/c1-5-9(3,4)6-7(10)8-2/h5-6H2,1-4H3/p+1. The smallest absolute Gasteiger partial charge is 0.274 e. The van der Waals surface area contributed by atoms with Gasteiger partial charge in [-0.25, -0.2) is 0 Å². The second-order valence-corrected chi connectivity index (χ2v) is 3.08. The van der Waals surface area contributed by atoms with Gasteiger partial charge in [-0.15, -0.1) is 0 Å². The SMILES string of the molecule is CC[N+](C)(C)CC(=O)NC. The lowest BCUT2D eigenvalue weighted by molar-refractivity contribution is -0.880. The van der Waals surface area contributed by atoms with E-state index in [9.17, 15) is 4.79 Å². The van der Waals surface area contributed by atoms with Crippen molar-refractivity contribution in [2.75, 3.05) is 34.2 Å². The largest absolute Gasteiger partial charge is 0.354 e. The average Bonchev–Trinajstić information content (AvgIpc) is 1.87. The summed E-state index contributed by atoms with van der Waals surface area (Å²) in [6, 6.07) is 0. The number of rotatable bonds is 3. The number of hydrogen-bond acceptors (Lipinski definition) is 1. The molecular weight excluding hydrogens is 128 g/mol. The number of nitrogens with one attached hydrogen (secondary N) is 1. The van der Waals surface area contributed by atoms with Gasteiger partial charge >= 0.3 is 0 Å². The molecule has 0 spiro atoms. The Morgan fingerprint density at radius 1 is 1.50 bits per heavy atom. The molecule has 0 aromatic carbocycles. The van der Waals surface area contributed by atoms with Gasteiger partial charge in [-0.3, -0.25) is 4.79 Å². The minimum absolute atomic E-state index is 0.104. The molecule has 0 fully saturated rings. The van der Waals surface area contributed by atoms with Crippen LogP contribution in [-0.4, -0.2) is 44.6 Å². The summed E-state index contributed by atoms with van der Waals surface area (Å²) in [5.41, 5.74) is 0. The van der Waals surface area contributed by atoms with Gasteiger partial charge in [0.05, 0.1) is 20.6 Å². The van der Waals surface area contributed by atoms with Crippen molar-refractivity contribution in [3.05, 3.63) is 0 Å². The van der Waals surface area contributed by atoms with E-state index in [4.69, 9.17) is 0 Å². The van der Waals surface area contributed by atoms with Gasteiger partial charge in [0.2, 0.25) is 0 Å². The Morgan fingerprint density at radius 2 is 2.00 bits per heavy atom. The summed E-state index contributed by atoms with van der Waals surface area (Å²) in [4.78, 5) is 10.9. The molecule has 1 amide bonds. The van der Waals surface area contributed by atoms with Crippen LogP contribution >= 0.6 is 0 Å². The molecule has 1 N–H and O–H groups in total. The highest BCUT2D eigenvalue weighted by atomic mass is 16.2. The first-order valence-corrected chi connectivity index (χ1v) is 3.54. The Labute approximate surface area is 62.6 Å². The van der Waals surface area contributed by atoms with Crippen molar-refractivity contribution in [1.82, 2.24) is 5.32 Å². The van der Waals surface area contributed by atoms with Crippen molar-refractivity contribution < 1.29 is 9.28 Å². The molecule has 0 aromatic heterocycles. The van der Waals surface area contributed by atoms with E-state index in [-0.39, 0.29) is 5.91 Å². The Hall–Kier alpha value is -0.570. The Kier molecular flexibility index (Phi) is 3.36. The Bertz CT molecular complexity index is 121. The highest BCUT2D eigenvalue weighted by molar-refractivity contribution is 5.76. The molecule has 60 valence electrons. The third-order valence-corrected chi connectivity index (χ3v) is 1.71. The van der Waals surface area contributed by atoms with Gasteiger partial charge in [-0.2, -0.15) is 0 Å². The van der Waals surface area contributed by atoms with E-state index in [0.29, 0.717) is 6.54 Å². The van der Waals surface area contributed by atoms with E-state index in [2.05, 4.69) is 12.2 Å². The average molecular weight is 145 g/mol. The number of likely N-dealkylation sites (N-methyl/N-ethyl adjacent to an activating group) is 2. The molecule has 0 bridgehead atoms. The van der Waals surface area contributed by atoms with Crippen LogP contribution in [0.5, 0.6) is 0 Å². The lowest BCUT2D eigenvalue weighted by atomic mass is 10.4. The highest BCUT2D eigenvalue weighted by Crippen LogP contribution is 1.93. The summed E-state index contributed by atoms with van der Waals surface area (Å²) in [5.74, 6) is 0.104. The molecule has 0 aliphatic carbocycles. The summed E-state index contributed by atoms with van der Waals surface area (Å²) < 4.78 is 0.750. The van der Waals surface area contributed by atoms with Crippen LogP contribution in [0.1, 0.15) is 6.92 Å². The van der Waals surface area contributed by atoms with Gasteiger partial charge in [-0.1, -0.05) is 0 Å². The number of carbonyl (C=O) groups is 1. The molecule has 0 rings (SSSR count). The fraction of sp³-hybridized carbons (Fsp3) is 0.857. The predicted octanol–water partition coefficient (Wildman–Crippen LogP) is -0.171. The zero-order valence-corrected chi connectivity index (χ0v) is 7.27. The number of amides is 1. The maximum atomic E-state index is 10.9. The van der Waals surface area contributed by atoms with Crippen LogP contribution in [0.2, 0.25) is 0 Å². The molecule has 0 radical (unpaired) electrons. The van der Waals surface area contributed by atoms with Gasteiger partial charge in [0.15, 0.2) is 6.54 Å². The van der Waals surface area contributed by atoms with Crippen LogP contribution in [0.3, 0.4) is 0 Å². The van der Waals surface area contributed by atoms with Crippen LogP contribution < -0.4 is 5.32 Å². The van der Waals surface area contributed by atoms with Crippen LogP contribution in [-0.2, 0) is 4.79 Å². The fourth-order valence-corrected chi connectivity index (χ4v) is 0.580. The first kappa shape index (κ1) is 9.43. The van der Waals surface area contributed by atoms with Crippen LogP contribution in [0.15, 0.2) is 0 Å². The molecule has 0 unspecified atom stereocenters. The van der Waals surface area contributed by atoms with Gasteiger partial charge in [0.1, 0.15) is 0 Å². The van der Waals surface area contributed by atoms with Gasteiger partial charge < -0.3 is 9.80 Å². The molecule has 0 aromatic rings. The predicted molar refractivity (Wildman–Crippen MR) is 41.6 cm³/mol. The number of carbonyl (C=O) groups excluding carboxylic acids is 1. The molecule has 0 heterocycles. The second kappa shape index (κ2) is 3.56. The molecule has 0 saturated heterocycles. The minimum Gasteiger partial charge on any atom is -0.354 e. The van der Waals surface area contributed by atoms with Gasteiger partial charge in [0.25, 0.3) is 5.91 Å². The second-order valence-electron chi connectivity index (χ2n) is 3.08. The summed E-state index contributed by atoms with van der Waals surface area (Å²) in [5, 5.41) is 2.60. The first-order chi connectivity index (χ1) is 4.52. The summed E-state index contributed by atoms with van der Waals surface area (Å²) in [7, 11) is 5.74. The first-order valence-electron chi connectivity index (χ1n) is 3.54. The van der Waals surface area contributed by atoms with Gasteiger partial charge in [0, 0.05) is 7.05 Å². The Balaban J connectivity index is 3.76. The molecule has 10 heavy (non-hydrogen) atoms. The molecule has 3 nitrogen and oxygen atoms in total. The molecule has 0 aliphatic heterocycles. The molecular formula is C7H17N2O+. The van der Waals surface area contributed by atoms with Crippen molar-refractivity contribution in [3.63, 3.8) is 0 Å². The zero-order chi connectivity index (χ0) is 8.20. The van der Waals surface area contributed by atoms with Crippen molar-refractivity contribution in [2.24, 2.45) is 0 Å². The van der Waals surface area contributed by atoms with Crippen LogP contribution in [0.25, 0.3) is 0 Å². The summed E-state index contributed by atoms with van der Waals surface area (Å²) in [6.45, 7) is 3.61. The molecule has 3 heteroatoms.